The molecule has 170 valence electrons. The molecule has 4 aliphatic carbocycles. The second-order valence-electron chi connectivity index (χ2n) is 12.2. The molecule has 30 heavy (non-hydrogen) atoms. The lowest BCUT2D eigenvalue weighted by atomic mass is 9.45. The number of rotatable bonds is 6. The van der Waals surface area contributed by atoms with Gasteiger partial charge < -0.3 is 10.2 Å². The maximum absolute atomic E-state index is 12.1. The van der Waals surface area contributed by atoms with Gasteiger partial charge in [-0.05, 0) is 98.2 Å². The van der Waals surface area contributed by atoms with E-state index in [-0.39, 0.29) is 17.4 Å². The van der Waals surface area contributed by atoms with Gasteiger partial charge in [0.15, 0.2) is 0 Å². The first-order chi connectivity index (χ1) is 14.2. The van der Waals surface area contributed by atoms with Crippen molar-refractivity contribution in [2.45, 2.75) is 104 Å². The number of hydrogen-bond acceptors (Lipinski definition) is 2. The van der Waals surface area contributed by atoms with Crippen molar-refractivity contribution >= 4 is 5.97 Å². The Kier molecular flexibility index (Phi) is 6.16. The maximum Gasteiger partial charge on any atom is 0.310 e. The lowest BCUT2D eigenvalue weighted by Crippen LogP contribution is -2.53. The number of aliphatic carboxylic acids is 1. The molecule has 8 atom stereocenters. The Morgan fingerprint density at radius 3 is 2.50 bits per heavy atom. The largest absolute Gasteiger partial charge is 0.481 e. The average Bonchev–Trinajstić information content (AvgIpc) is 2.99. The molecule has 4 aliphatic rings. The number of allylic oxidation sites excluding steroid dienone is 1. The summed E-state index contributed by atoms with van der Waals surface area (Å²) in [6.45, 7) is 9.31. The zero-order valence-corrected chi connectivity index (χ0v) is 19.7. The van der Waals surface area contributed by atoms with Crippen LogP contribution in [0.3, 0.4) is 0 Å². The molecule has 4 rings (SSSR count). The molecule has 3 nitrogen and oxygen atoms in total. The summed E-state index contributed by atoms with van der Waals surface area (Å²) in [5.41, 5.74) is 1.69. The van der Waals surface area contributed by atoms with E-state index in [1.54, 1.807) is 0 Å². The van der Waals surface area contributed by atoms with Crippen molar-refractivity contribution in [1.29, 1.82) is 0 Å². The van der Waals surface area contributed by atoms with Gasteiger partial charge in [-0.1, -0.05) is 52.2 Å². The highest BCUT2D eigenvalue weighted by Gasteiger charge is 2.59. The highest BCUT2D eigenvalue weighted by atomic mass is 16.4. The van der Waals surface area contributed by atoms with Gasteiger partial charge in [0, 0.05) is 0 Å². The minimum absolute atomic E-state index is 0.103. The van der Waals surface area contributed by atoms with Crippen LogP contribution in [0.1, 0.15) is 98.3 Å². The van der Waals surface area contributed by atoms with Crippen molar-refractivity contribution in [2.24, 2.45) is 46.3 Å². The molecule has 3 saturated carbocycles. The summed E-state index contributed by atoms with van der Waals surface area (Å²) < 4.78 is 0. The Bertz CT molecular complexity index is 682. The zero-order chi connectivity index (χ0) is 21.7. The molecule has 3 fully saturated rings. The normalized spacial score (nSPS) is 44.1. The van der Waals surface area contributed by atoms with E-state index in [4.69, 9.17) is 0 Å². The first-order valence-electron chi connectivity index (χ1n) is 12.8. The van der Waals surface area contributed by atoms with Gasteiger partial charge in [0.25, 0.3) is 0 Å². The first kappa shape index (κ1) is 22.4. The van der Waals surface area contributed by atoms with Gasteiger partial charge in [0.1, 0.15) is 0 Å². The predicted molar refractivity (Wildman–Crippen MR) is 121 cm³/mol. The Balaban J connectivity index is 1.50. The third kappa shape index (κ3) is 3.67. The van der Waals surface area contributed by atoms with Gasteiger partial charge >= 0.3 is 5.97 Å². The third-order valence-corrected chi connectivity index (χ3v) is 10.3. The summed E-state index contributed by atoms with van der Waals surface area (Å²) in [5.74, 6) is 2.60. The minimum Gasteiger partial charge on any atom is -0.481 e. The molecule has 0 bridgehead atoms. The number of carbonyl (C=O) groups is 1. The molecule has 0 heterocycles. The van der Waals surface area contributed by atoms with Gasteiger partial charge in [0.2, 0.25) is 0 Å². The fourth-order valence-corrected chi connectivity index (χ4v) is 8.36. The second kappa shape index (κ2) is 8.26. The number of fused-ring (bicyclic) bond motifs is 5. The molecule has 0 saturated heterocycles. The second-order valence-corrected chi connectivity index (χ2v) is 12.2. The number of aliphatic hydroxyl groups excluding tert-OH is 1. The summed E-state index contributed by atoms with van der Waals surface area (Å²) in [5, 5.41) is 20.6. The van der Waals surface area contributed by atoms with Crippen molar-refractivity contribution in [3.05, 3.63) is 11.6 Å². The number of carboxylic acids is 1. The van der Waals surface area contributed by atoms with Gasteiger partial charge in [-0.25, -0.2) is 0 Å². The molecule has 0 aromatic heterocycles. The molecular formula is C27H44O3. The van der Waals surface area contributed by atoms with Crippen molar-refractivity contribution in [1.82, 2.24) is 0 Å². The van der Waals surface area contributed by atoms with E-state index >= 15 is 0 Å². The van der Waals surface area contributed by atoms with E-state index in [2.05, 4.69) is 33.8 Å². The highest BCUT2D eigenvalue weighted by molar-refractivity contribution is 5.73. The fraction of sp³-hybridized carbons (Fsp3) is 0.889. The Morgan fingerprint density at radius 2 is 1.80 bits per heavy atom. The van der Waals surface area contributed by atoms with Gasteiger partial charge in [-0.15, -0.1) is 0 Å². The van der Waals surface area contributed by atoms with E-state index in [9.17, 15) is 15.0 Å². The molecule has 0 unspecified atom stereocenters. The highest BCUT2D eigenvalue weighted by Crippen LogP contribution is 2.66. The molecule has 0 radical (unpaired) electrons. The number of hydrogen-bond donors (Lipinski definition) is 2. The van der Waals surface area contributed by atoms with Crippen molar-refractivity contribution in [2.75, 3.05) is 0 Å². The van der Waals surface area contributed by atoms with Crippen LogP contribution in [0.15, 0.2) is 11.6 Å². The average molecular weight is 417 g/mol. The lowest BCUT2D eigenvalue weighted by Gasteiger charge is -2.60. The summed E-state index contributed by atoms with van der Waals surface area (Å²) >= 11 is 0. The molecular weight excluding hydrogens is 372 g/mol. The van der Waals surface area contributed by atoms with Crippen LogP contribution in [0.4, 0.5) is 0 Å². The van der Waals surface area contributed by atoms with E-state index in [0.717, 1.165) is 50.4 Å². The topological polar surface area (TPSA) is 57.5 Å². The molecule has 2 N–H and O–H groups in total. The molecule has 0 spiro atoms. The Hall–Kier alpha value is -0.830. The van der Waals surface area contributed by atoms with E-state index in [1.807, 2.05) is 0 Å². The maximum atomic E-state index is 12.1. The van der Waals surface area contributed by atoms with Crippen LogP contribution in [-0.4, -0.2) is 22.3 Å². The molecule has 0 aromatic carbocycles. The Morgan fingerprint density at radius 1 is 1.07 bits per heavy atom. The lowest BCUT2D eigenvalue weighted by molar-refractivity contribution is -0.141. The van der Waals surface area contributed by atoms with Gasteiger partial charge in [0.05, 0.1) is 12.0 Å². The van der Waals surface area contributed by atoms with Crippen LogP contribution in [0.5, 0.6) is 0 Å². The van der Waals surface area contributed by atoms with Crippen molar-refractivity contribution < 1.29 is 15.0 Å². The summed E-state index contributed by atoms with van der Waals surface area (Å²) in [6, 6.07) is 0. The van der Waals surface area contributed by atoms with Crippen LogP contribution in [0.2, 0.25) is 0 Å². The third-order valence-electron chi connectivity index (χ3n) is 10.3. The quantitative estimate of drug-likeness (QED) is 0.489. The summed E-state index contributed by atoms with van der Waals surface area (Å²) in [6.07, 6.45) is 14.4. The van der Waals surface area contributed by atoms with Crippen LogP contribution in [-0.2, 0) is 4.79 Å². The minimum atomic E-state index is -0.615. The smallest absolute Gasteiger partial charge is 0.310 e. The summed E-state index contributed by atoms with van der Waals surface area (Å²) in [4.78, 5) is 12.1. The number of aliphatic hydroxyl groups is 1. The summed E-state index contributed by atoms with van der Waals surface area (Å²) in [7, 11) is 0. The molecule has 0 aromatic rings. The Labute approximate surface area is 183 Å². The van der Waals surface area contributed by atoms with Crippen molar-refractivity contribution in [3.8, 4) is 0 Å². The van der Waals surface area contributed by atoms with Crippen LogP contribution >= 0.6 is 0 Å². The molecule has 3 heteroatoms. The van der Waals surface area contributed by atoms with Crippen molar-refractivity contribution in [3.63, 3.8) is 0 Å². The predicted octanol–water partition coefficient (Wildman–Crippen LogP) is 6.45. The fourth-order valence-electron chi connectivity index (χ4n) is 8.36. The van der Waals surface area contributed by atoms with Gasteiger partial charge in [-0.3, -0.25) is 4.79 Å². The van der Waals surface area contributed by atoms with E-state index < -0.39 is 5.97 Å². The molecule has 0 amide bonds. The van der Waals surface area contributed by atoms with Crippen LogP contribution in [0, 0.1) is 46.3 Å². The SMILES string of the molecule is CC(C)CCC[C@@H](C(=O)O)C1=CC[C@@]2(C)[C@H](CC[C@@H]3[C@@H]2CC[C@]2(C)[C@@H](O)CC[C@@H]32)C1. The zero-order valence-electron chi connectivity index (χ0n) is 19.7. The van der Waals surface area contributed by atoms with Gasteiger partial charge in [-0.2, -0.15) is 0 Å². The van der Waals surface area contributed by atoms with E-state index in [1.165, 1.54) is 37.7 Å². The standard InChI is InChI=1S/C27H44O3/c1-17(2)6-5-7-20(25(29)30)18-12-14-26(3)19(16-18)8-9-21-22-10-11-24(28)27(22,4)15-13-23(21)26/h12,17,19-24,28H,5-11,13-16H2,1-4H3,(H,29,30)/t19-,20-,21+,22+,23+,24+,26+,27+/m1/s1. The monoisotopic (exact) mass is 416 g/mol. The van der Waals surface area contributed by atoms with E-state index in [0.29, 0.717) is 23.2 Å². The molecule has 0 aliphatic heterocycles. The van der Waals surface area contributed by atoms with Crippen LogP contribution < -0.4 is 0 Å². The number of carboxylic acid groups (broad SMARTS) is 1. The van der Waals surface area contributed by atoms with Crippen LogP contribution in [0.25, 0.3) is 0 Å². The first-order valence-corrected chi connectivity index (χ1v) is 12.8.